The van der Waals surface area contributed by atoms with E-state index in [0.29, 0.717) is 6.04 Å². The minimum Gasteiger partial charge on any atom is -0.315 e. The molecular weight excluding hydrogens is 322 g/mol. The molecule has 0 bridgehead atoms. The highest BCUT2D eigenvalue weighted by atomic mass is 79.9. The third-order valence-corrected chi connectivity index (χ3v) is 4.08. The van der Waals surface area contributed by atoms with E-state index in [1.54, 1.807) is 0 Å². The van der Waals surface area contributed by atoms with Gasteiger partial charge in [0.2, 0.25) is 0 Å². The van der Waals surface area contributed by atoms with Gasteiger partial charge in [0.15, 0.2) is 0 Å². The molecule has 0 unspecified atom stereocenters. The van der Waals surface area contributed by atoms with Crippen molar-refractivity contribution in [2.45, 2.75) is 117 Å². The quantitative estimate of drug-likeness (QED) is 0.290. The van der Waals surface area contributed by atoms with Crippen molar-refractivity contribution in [3.63, 3.8) is 0 Å². The second-order valence-electron chi connectivity index (χ2n) is 6.71. The largest absolute Gasteiger partial charge is 0.315 e. The zero-order valence-corrected chi connectivity index (χ0v) is 16.8. The van der Waals surface area contributed by atoms with E-state index < -0.39 is 0 Å². The van der Waals surface area contributed by atoms with E-state index in [1.807, 2.05) is 0 Å². The van der Waals surface area contributed by atoms with Crippen LogP contribution in [-0.4, -0.2) is 12.6 Å². The van der Waals surface area contributed by atoms with Crippen LogP contribution in [0, 0.1) is 0 Å². The standard InChI is InChI=1S/C19H41N.BrH/c1-4-5-6-7-8-9-10-11-12-13-14-15-16-17-18-20-19(2)3;/h19-20H,4-18H2,1-3H3;1H. The Morgan fingerprint density at radius 3 is 1.24 bits per heavy atom. The number of unbranched alkanes of at least 4 members (excludes halogenated alkanes) is 13. The molecule has 1 nitrogen and oxygen atoms in total. The average molecular weight is 364 g/mol. The Morgan fingerprint density at radius 1 is 0.571 bits per heavy atom. The molecule has 0 aromatic rings. The Bertz CT molecular complexity index is 171. The van der Waals surface area contributed by atoms with Crippen molar-refractivity contribution in [1.82, 2.24) is 5.32 Å². The van der Waals surface area contributed by atoms with Gasteiger partial charge in [-0.05, 0) is 13.0 Å². The molecule has 0 aromatic carbocycles. The van der Waals surface area contributed by atoms with Gasteiger partial charge in [-0.15, -0.1) is 17.0 Å². The molecule has 0 atom stereocenters. The summed E-state index contributed by atoms with van der Waals surface area (Å²) in [5, 5.41) is 3.49. The Labute approximate surface area is 145 Å². The lowest BCUT2D eigenvalue weighted by Crippen LogP contribution is -2.23. The summed E-state index contributed by atoms with van der Waals surface area (Å²) in [4.78, 5) is 0. The van der Waals surface area contributed by atoms with Gasteiger partial charge in [-0.25, -0.2) is 0 Å². The number of hydrogen-bond donors (Lipinski definition) is 1. The summed E-state index contributed by atoms with van der Waals surface area (Å²) < 4.78 is 0. The topological polar surface area (TPSA) is 12.0 Å². The maximum atomic E-state index is 3.49. The van der Waals surface area contributed by atoms with Crippen molar-refractivity contribution < 1.29 is 0 Å². The van der Waals surface area contributed by atoms with Crippen LogP contribution in [0.5, 0.6) is 0 Å². The minimum absolute atomic E-state index is 0. The Hall–Kier alpha value is 0.440. The number of nitrogens with one attached hydrogen (secondary N) is 1. The lowest BCUT2D eigenvalue weighted by Gasteiger charge is -2.07. The number of halogens is 1. The average Bonchev–Trinajstić information content (AvgIpc) is 2.43. The second kappa shape index (κ2) is 20.4. The van der Waals surface area contributed by atoms with Crippen LogP contribution in [0.2, 0.25) is 0 Å². The summed E-state index contributed by atoms with van der Waals surface area (Å²) >= 11 is 0. The van der Waals surface area contributed by atoms with Gasteiger partial charge in [0.1, 0.15) is 0 Å². The van der Waals surface area contributed by atoms with Crippen LogP contribution < -0.4 is 5.32 Å². The fourth-order valence-corrected chi connectivity index (χ4v) is 2.71. The first-order chi connectivity index (χ1) is 9.77. The van der Waals surface area contributed by atoms with Crippen LogP contribution in [0.3, 0.4) is 0 Å². The molecule has 0 amide bonds. The third-order valence-electron chi connectivity index (χ3n) is 4.08. The Balaban J connectivity index is 0. The van der Waals surface area contributed by atoms with Crippen LogP contribution in [0.1, 0.15) is 111 Å². The van der Waals surface area contributed by atoms with Gasteiger partial charge in [0.25, 0.3) is 0 Å². The Morgan fingerprint density at radius 2 is 0.905 bits per heavy atom. The van der Waals surface area contributed by atoms with Crippen LogP contribution in [-0.2, 0) is 0 Å². The first kappa shape index (κ1) is 23.7. The summed E-state index contributed by atoms with van der Waals surface area (Å²) in [7, 11) is 0. The van der Waals surface area contributed by atoms with Crippen LogP contribution in [0.15, 0.2) is 0 Å². The number of rotatable bonds is 16. The molecule has 0 heterocycles. The maximum absolute atomic E-state index is 3.49. The van der Waals surface area contributed by atoms with Crippen molar-refractivity contribution >= 4 is 17.0 Å². The molecular formula is C19H42BrN. The van der Waals surface area contributed by atoms with E-state index in [4.69, 9.17) is 0 Å². The molecule has 0 aliphatic rings. The summed E-state index contributed by atoms with van der Waals surface area (Å²) in [6.45, 7) is 7.95. The van der Waals surface area contributed by atoms with Crippen molar-refractivity contribution in [1.29, 1.82) is 0 Å². The predicted octanol–water partition coefficient (Wildman–Crippen LogP) is 7.04. The first-order valence-electron chi connectivity index (χ1n) is 9.50. The smallest absolute Gasteiger partial charge is 0.00103 e. The molecule has 0 aromatic heterocycles. The van der Waals surface area contributed by atoms with Gasteiger partial charge in [0, 0.05) is 6.04 Å². The lowest BCUT2D eigenvalue weighted by molar-refractivity contribution is 0.518. The molecule has 0 saturated heterocycles. The normalized spacial score (nSPS) is 10.9. The fourth-order valence-electron chi connectivity index (χ4n) is 2.71. The predicted molar refractivity (Wildman–Crippen MR) is 104 cm³/mol. The third kappa shape index (κ3) is 22.9. The van der Waals surface area contributed by atoms with Crippen molar-refractivity contribution in [3.05, 3.63) is 0 Å². The molecule has 0 saturated carbocycles. The van der Waals surface area contributed by atoms with Crippen molar-refractivity contribution in [2.75, 3.05) is 6.54 Å². The minimum atomic E-state index is 0. The van der Waals surface area contributed by atoms with Gasteiger partial charge < -0.3 is 5.32 Å². The number of hydrogen-bond acceptors (Lipinski definition) is 1. The molecule has 21 heavy (non-hydrogen) atoms. The van der Waals surface area contributed by atoms with E-state index in [0.717, 1.165) is 0 Å². The molecule has 0 fully saturated rings. The van der Waals surface area contributed by atoms with Crippen LogP contribution >= 0.6 is 17.0 Å². The molecule has 130 valence electrons. The highest BCUT2D eigenvalue weighted by Crippen LogP contribution is 2.12. The molecule has 0 aliphatic carbocycles. The molecule has 0 spiro atoms. The monoisotopic (exact) mass is 363 g/mol. The van der Waals surface area contributed by atoms with E-state index in [9.17, 15) is 0 Å². The highest BCUT2D eigenvalue weighted by Gasteiger charge is 1.95. The van der Waals surface area contributed by atoms with Gasteiger partial charge in [-0.2, -0.15) is 0 Å². The van der Waals surface area contributed by atoms with Gasteiger partial charge in [0.05, 0.1) is 0 Å². The molecule has 1 N–H and O–H groups in total. The molecule has 0 aliphatic heterocycles. The summed E-state index contributed by atoms with van der Waals surface area (Å²) in [5.41, 5.74) is 0. The van der Waals surface area contributed by atoms with E-state index in [-0.39, 0.29) is 17.0 Å². The van der Waals surface area contributed by atoms with Crippen LogP contribution in [0.25, 0.3) is 0 Å². The zero-order valence-electron chi connectivity index (χ0n) is 15.1. The Kier molecular flexibility index (Phi) is 23.1. The fraction of sp³-hybridized carbons (Fsp3) is 1.00. The SMILES string of the molecule is Br.CCCCCCCCCCCCCCCCNC(C)C. The van der Waals surface area contributed by atoms with Crippen molar-refractivity contribution in [3.8, 4) is 0 Å². The molecule has 2 heteroatoms. The van der Waals surface area contributed by atoms with Gasteiger partial charge in [-0.1, -0.05) is 104 Å². The highest BCUT2D eigenvalue weighted by molar-refractivity contribution is 8.93. The van der Waals surface area contributed by atoms with E-state index in [2.05, 4.69) is 26.1 Å². The van der Waals surface area contributed by atoms with Gasteiger partial charge in [-0.3, -0.25) is 0 Å². The van der Waals surface area contributed by atoms with Gasteiger partial charge >= 0.3 is 0 Å². The maximum Gasteiger partial charge on any atom is 0.00103 e. The lowest BCUT2D eigenvalue weighted by atomic mass is 10.0. The molecule has 0 rings (SSSR count). The van der Waals surface area contributed by atoms with Crippen molar-refractivity contribution in [2.24, 2.45) is 0 Å². The van der Waals surface area contributed by atoms with Crippen LogP contribution in [0.4, 0.5) is 0 Å². The summed E-state index contributed by atoms with van der Waals surface area (Å²) in [5.74, 6) is 0. The molecule has 0 radical (unpaired) electrons. The zero-order chi connectivity index (χ0) is 14.9. The summed E-state index contributed by atoms with van der Waals surface area (Å²) in [6.07, 6.45) is 20.2. The van der Waals surface area contributed by atoms with E-state index >= 15 is 0 Å². The first-order valence-corrected chi connectivity index (χ1v) is 9.50. The second-order valence-corrected chi connectivity index (χ2v) is 6.71. The van der Waals surface area contributed by atoms with E-state index in [1.165, 1.54) is 96.4 Å². The summed E-state index contributed by atoms with van der Waals surface area (Å²) in [6, 6.07) is 0.650.